The molecule has 6 heteroatoms. The van der Waals surface area contributed by atoms with Gasteiger partial charge in [-0.15, -0.1) is 0 Å². The topological polar surface area (TPSA) is 75.9 Å². The summed E-state index contributed by atoms with van der Waals surface area (Å²) in [6, 6.07) is -0.144. The third-order valence-electron chi connectivity index (χ3n) is 4.08. The van der Waals surface area contributed by atoms with Crippen molar-refractivity contribution in [3.8, 4) is 0 Å². The molecule has 1 rings (SSSR count). The van der Waals surface area contributed by atoms with Crippen LogP contribution in [0.3, 0.4) is 0 Å². The molecule has 0 aromatic rings. The van der Waals surface area contributed by atoms with E-state index in [2.05, 4.69) is 0 Å². The Morgan fingerprint density at radius 2 is 1.82 bits per heavy atom. The fourth-order valence-corrected chi connectivity index (χ4v) is 2.39. The number of hydrogen-bond acceptors (Lipinski definition) is 4. The molecule has 128 valence electrons. The minimum atomic E-state index is -0.519. The van der Waals surface area contributed by atoms with Gasteiger partial charge in [-0.1, -0.05) is 20.8 Å². The first-order chi connectivity index (χ1) is 10.1. The van der Waals surface area contributed by atoms with Gasteiger partial charge in [-0.25, -0.2) is 4.79 Å². The molecule has 22 heavy (non-hydrogen) atoms. The van der Waals surface area contributed by atoms with Crippen LogP contribution >= 0.6 is 0 Å². The molecule has 1 heterocycles. The molecule has 0 saturated carbocycles. The summed E-state index contributed by atoms with van der Waals surface area (Å²) in [5.41, 5.74) is 5.31. The molecular weight excluding hydrogens is 282 g/mol. The molecule has 1 aliphatic rings. The highest BCUT2D eigenvalue weighted by molar-refractivity contribution is 5.79. The summed E-state index contributed by atoms with van der Waals surface area (Å²) < 4.78 is 5.39. The molecule has 1 fully saturated rings. The molecule has 0 spiro atoms. The number of nitrogens with zero attached hydrogens (tertiary/aromatic N) is 2. The molecule has 2 N–H and O–H groups in total. The zero-order chi connectivity index (χ0) is 17.1. The SMILES string of the molecule is CC(C)C(C)C(=O)N1CCN(C(=O)OC(C)(C)C)CC1CN. The van der Waals surface area contributed by atoms with Crippen LogP contribution in [0.2, 0.25) is 0 Å². The van der Waals surface area contributed by atoms with Gasteiger partial charge in [0.1, 0.15) is 5.60 Å². The molecule has 0 radical (unpaired) electrons. The van der Waals surface area contributed by atoms with Gasteiger partial charge in [0, 0.05) is 32.1 Å². The van der Waals surface area contributed by atoms with E-state index in [4.69, 9.17) is 10.5 Å². The monoisotopic (exact) mass is 313 g/mol. The highest BCUT2D eigenvalue weighted by Gasteiger charge is 2.35. The average Bonchev–Trinajstić information content (AvgIpc) is 2.42. The van der Waals surface area contributed by atoms with Crippen LogP contribution in [0.25, 0.3) is 0 Å². The molecule has 0 aromatic heterocycles. The lowest BCUT2D eigenvalue weighted by atomic mass is 9.95. The van der Waals surface area contributed by atoms with E-state index in [0.717, 1.165) is 0 Å². The Morgan fingerprint density at radius 1 is 1.23 bits per heavy atom. The molecule has 6 nitrogen and oxygen atoms in total. The summed E-state index contributed by atoms with van der Waals surface area (Å²) in [6.07, 6.45) is -0.338. The van der Waals surface area contributed by atoms with Crippen LogP contribution in [-0.4, -0.2) is 59.6 Å². The fourth-order valence-electron chi connectivity index (χ4n) is 2.39. The number of carbonyl (C=O) groups excluding carboxylic acids is 2. The molecule has 0 aromatic carbocycles. The van der Waals surface area contributed by atoms with E-state index in [1.165, 1.54) is 0 Å². The second kappa shape index (κ2) is 7.31. The summed E-state index contributed by atoms with van der Waals surface area (Å²) in [6.45, 7) is 13.3. The summed E-state index contributed by atoms with van der Waals surface area (Å²) in [4.78, 5) is 28.2. The lowest BCUT2D eigenvalue weighted by molar-refractivity contribution is -0.141. The fraction of sp³-hybridized carbons (Fsp3) is 0.875. The summed E-state index contributed by atoms with van der Waals surface area (Å²) in [7, 11) is 0. The molecular formula is C16H31N3O3. The largest absolute Gasteiger partial charge is 0.444 e. The number of rotatable bonds is 3. The zero-order valence-electron chi connectivity index (χ0n) is 14.8. The Bertz CT molecular complexity index is 404. The minimum Gasteiger partial charge on any atom is -0.444 e. The highest BCUT2D eigenvalue weighted by atomic mass is 16.6. The number of carbonyl (C=O) groups is 2. The first-order valence-electron chi connectivity index (χ1n) is 8.05. The molecule has 0 aliphatic carbocycles. The Labute approximate surface area is 134 Å². The molecule has 2 amide bonds. The maximum Gasteiger partial charge on any atom is 0.410 e. The molecule has 1 aliphatic heterocycles. The first kappa shape index (κ1) is 18.7. The van der Waals surface area contributed by atoms with E-state index in [1.54, 1.807) is 4.90 Å². The van der Waals surface area contributed by atoms with Crippen molar-refractivity contribution in [2.24, 2.45) is 17.6 Å². The smallest absolute Gasteiger partial charge is 0.410 e. The van der Waals surface area contributed by atoms with E-state index >= 15 is 0 Å². The number of hydrogen-bond donors (Lipinski definition) is 1. The van der Waals surface area contributed by atoms with E-state index < -0.39 is 5.60 Å². The predicted molar refractivity (Wildman–Crippen MR) is 86.4 cm³/mol. The maximum absolute atomic E-state index is 12.5. The van der Waals surface area contributed by atoms with Crippen molar-refractivity contribution in [2.45, 2.75) is 53.2 Å². The number of nitrogens with two attached hydrogens (primary N) is 1. The second-order valence-electron chi connectivity index (χ2n) is 7.38. The first-order valence-corrected chi connectivity index (χ1v) is 8.05. The second-order valence-corrected chi connectivity index (χ2v) is 7.38. The molecule has 0 bridgehead atoms. The summed E-state index contributed by atoms with van der Waals surface area (Å²) >= 11 is 0. The van der Waals surface area contributed by atoms with Gasteiger partial charge in [-0.2, -0.15) is 0 Å². The van der Waals surface area contributed by atoms with Gasteiger partial charge < -0.3 is 20.3 Å². The van der Waals surface area contributed by atoms with Crippen LogP contribution in [0.5, 0.6) is 0 Å². The van der Waals surface area contributed by atoms with Gasteiger partial charge >= 0.3 is 6.09 Å². The Balaban J connectivity index is 2.72. The van der Waals surface area contributed by atoms with Crippen LogP contribution in [0, 0.1) is 11.8 Å². The average molecular weight is 313 g/mol. The van der Waals surface area contributed by atoms with Crippen LogP contribution in [0.15, 0.2) is 0 Å². The highest BCUT2D eigenvalue weighted by Crippen LogP contribution is 2.19. The summed E-state index contributed by atoms with van der Waals surface area (Å²) in [5.74, 6) is 0.367. The van der Waals surface area contributed by atoms with Crippen molar-refractivity contribution in [1.29, 1.82) is 0 Å². The van der Waals surface area contributed by atoms with E-state index in [1.807, 2.05) is 46.4 Å². The third-order valence-corrected chi connectivity index (χ3v) is 4.08. The van der Waals surface area contributed by atoms with Gasteiger partial charge in [0.15, 0.2) is 0 Å². The lowest BCUT2D eigenvalue weighted by Crippen LogP contribution is -2.60. The normalized spacial score (nSPS) is 21.0. The molecule has 2 unspecified atom stereocenters. The van der Waals surface area contributed by atoms with Crippen molar-refractivity contribution < 1.29 is 14.3 Å². The number of piperazine rings is 1. The quantitative estimate of drug-likeness (QED) is 0.860. The van der Waals surface area contributed by atoms with Crippen molar-refractivity contribution in [3.05, 3.63) is 0 Å². The van der Waals surface area contributed by atoms with E-state index in [9.17, 15) is 9.59 Å². The van der Waals surface area contributed by atoms with Crippen LogP contribution in [0.1, 0.15) is 41.5 Å². The zero-order valence-corrected chi connectivity index (χ0v) is 14.8. The molecule has 1 saturated heterocycles. The third kappa shape index (κ3) is 4.87. The van der Waals surface area contributed by atoms with Crippen molar-refractivity contribution in [1.82, 2.24) is 9.80 Å². The van der Waals surface area contributed by atoms with E-state index in [-0.39, 0.29) is 29.9 Å². The van der Waals surface area contributed by atoms with Gasteiger partial charge in [-0.05, 0) is 26.7 Å². The van der Waals surface area contributed by atoms with Crippen LogP contribution in [-0.2, 0) is 9.53 Å². The van der Waals surface area contributed by atoms with Crippen LogP contribution in [0.4, 0.5) is 4.79 Å². The Kier molecular flexibility index (Phi) is 6.23. The lowest BCUT2D eigenvalue weighted by Gasteiger charge is -2.42. The molecule has 2 atom stereocenters. The Morgan fingerprint density at radius 3 is 2.27 bits per heavy atom. The van der Waals surface area contributed by atoms with E-state index in [0.29, 0.717) is 26.2 Å². The minimum absolute atomic E-state index is 0.0397. The standard InChI is InChI=1S/C16H31N3O3/c1-11(2)12(3)14(20)19-8-7-18(10-13(19)9-17)15(21)22-16(4,5)6/h11-13H,7-10,17H2,1-6H3. The van der Waals surface area contributed by atoms with Gasteiger partial charge in [-0.3, -0.25) is 4.79 Å². The van der Waals surface area contributed by atoms with Gasteiger partial charge in [0.25, 0.3) is 0 Å². The number of ether oxygens (including phenoxy) is 1. The van der Waals surface area contributed by atoms with Crippen LogP contribution < -0.4 is 5.73 Å². The van der Waals surface area contributed by atoms with Crippen molar-refractivity contribution in [2.75, 3.05) is 26.2 Å². The van der Waals surface area contributed by atoms with Gasteiger partial charge in [0.2, 0.25) is 5.91 Å². The predicted octanol–water partition coefficient (Wildman–Crippen LogP) is 1.69. The maximum atomic E-state index is 12.5. The van der Waals surface area contributed by atoms with Crippen molar-refractivity contribution >= 4 is 12.0 Å². The summed E-state index contributed by atoms with van der Waals surface area (Å²) in [5, 5.41) is 0. The number of amides is 2. The van der Waals surface area contributed by atoms with Gasteiger partial charge in [0.05, 0.1) is 6.04 Å². The van der Waals surface area contributed by atoms with Crippen molar-refractivity contribution in [3.63, 3.8) is 0 Å². The Hall–Kier alpha value is -1.30.